The Bertz CT molecular complexity index is 490. The predicted octanol–water partition coefficient (Wildman–Crippen LogP) is 1.86. The summed E-state index contributed by atoms with van der Waals surface area (Å²) >= 11 is 6.06. The van der Waals surface area contributed by atoms with Gasteiger partial charge in [0.2, 0.25) is 5.91 Å². The van der Waals surface area contributed by atoms with Crippen LogP contribution < -0.4 is 10.1 Å². The number of ether oxygens (including phenoxy) is 1. The van der Waals surface area contributed by atoms with Crippen LogP contribution in [0.5, 0.6) is 5.75 Å². The van der Waals surface area contributed by atoms with E-state index < -0.39 is 0 Å². The van der Waals surface area contributed by atoms with Gasteiger partial charge in [-0.15, -0.1) is 0 Å². The number of amides is 1. The zero-order chi connectivity index (χ0) is 16.5. The van der Waals surface area contributed by atoms with E-state index in [1.54, 1.807) is 0 Å². The summed E-state index contributed by atoms with van der Waals surface area (Å²) < 4.78 is 5.72. The average molecular weight is 340 g/mol. The van der Waals surface area contributed by atoms with Gasteiger partial charge in [-0.1, -0.05) is 23.7 Å². The third kappa shape index (κ3) is 6.01. The largest absolute Gasteiger partial charge is 0.491 e. The van der Waals surface area contributed by atoms with Gasteiger partial charge in [-0.3, -0.25) is 9.69 Å². The first-order chi connectivity index (χ1) is 11.2. The van der Waals surface area contributed by atoms with Gasteiger partial charge in [-0.25, -0.2) is 0 Å². The third-order valence-electron chi connectivity index (χ3n) is 4.04. The Morgan fingerprint density at radius 3 is 2.70 bits per heavy atom. The minimum atomic E-state index is 0.271. The van der Waals surface area contributed by atoms with Crippen LogP contribution in [0.15, 0.2) is 24.3 Å². The molecule has 1 aliphatic rings. The first-order valence-electron chi connectivity index (χ1n) is 8.23. The van der Waals surface area contributed by atoms with E-state index in [1.807, 2.05) is 36.2 Å². The number of nitrogens with one attached hydrogen (secondary N) is 1. The summed E-state index contributed by atoms with van der Waals surface area (Å²) in [6, 6.07) is 7.51. The van der Waals surface area contributed by atoms with Crippen molar-refractivity contribution in [3.63, 3.8) is 0 Å². The highest BCUT2D eigenvalue weighted by atomic mass is 35.5. The molecule has 0 aromatic heterocycles. The van der Waals surface area contributed by atoms with Gasteiger partial charge in [0.15, 0.2) is 0 Å². The van der Waals surface area contributed by atoms with Gasteiger partial charge >= 0.3 is 0 Å². The highest BCUT2D eigenvalue weighted by Gasteiger charge is 2.20. The molecule has 0 spiro atoms. The number of benzene rings is 1. The zero-order valence-electron chi connectivity index (χ0n) is 13.8. The fourth-order valence-electron chi connectivity index (χ4n) is 2.64. The second kappa shape index (κ2) is 9.75. The van der Waals surface area contributed by atoms with Gasteiger partial charge in [0.05, 0.1) is 5.02 Å². The van der Waals surface area contributed by atoms with E-state index in [0.29, 0.717) is 18.1 Å². The number of rotatable bonds is 8. The Kier molecular flexibility index (Phi) is 7.65. The first-order valence-corrected chi connectivity index (χ1v) is 8.60. The molecule has 0 bridgehead atoms. The van der Waals surface area contributed by atoms with Crippen LogP contribution in [0, 0.1) is 0 Å². The number of halogens is 1. The Balaban J connectivity index is 1.63. The normalized spacial score (nSPS) is 15.7. The molecular weight excluding hydrogens is 314 g/mol. The Labute approximate surface area is 143 Å². The van der Waals surface area contributed by atoms with E-state index in [2.05, 4.69) is 10.2 Å². The number of para-hydroxylation sites is 1. The molecular formula is C17H26ClN3O2. The van der Waals surface area contributed by atoms with Crippen molar-refractivity contribution in [2.24, 2.45) is 0 Å². The summed E-state index contributed by atoms with van der Waals surface area (Å²) in [6.45, 7) is 5.79. The number of hydrogen-bond donors (Lipinski definition) is 1. The molecule has 128 valence electrons. The molecule has 1 fully saturated rings. The summed E-state index contributed by atoms with van der Waals surface area (Å²) in [7, 11) is 1.91. The highest BCUT2D eigenvalue weighted by molar-refractivity contribution is 6.32. The number of piperazine rings is 1. The molecule has 2 rings (SSSR count). The lowest BCUT2D eigenvalue weighted by molar-refractivity contribution is -0.133. The van der Waals surface area contributed by atoms with Crippen LogP contribution in [0.3, 0.4) is 0 Å². The third-order valence-corrected chi connectivity index (χ3v) is 4.36. The molecule has 1 N–H and O–H groups in total. The van der Waals surface area contributed by atoms with Crippen molar-refractivity contribution in [1.29, 1.82) is 0 Å². The van der Waals surface area contributed by atoms with Crippen LogP contribution in [0.4, 0.5) is 0 Å². The second-order valence-corrected chi connectivity index (χ2v) is 6.12. The zero-order valence-corrected chi connectivity index (χ0v) is 14.5. The molecule has 1 saturated heterocycles. The van der Waals surface area contributed by atoms with Gasteiger partial charge in [0, 0.05) is 39.1 Å². The van der Waals surface area contributed by atoms with Gasteiger partial charge in [0.1, 0.15) is 12.4 Å². The molecule has 0 saturated carbocycles. The molecule has 0 atom stereocenters. The minimum absolute atomic E-state index is 0.271. The summed E-state index contributed by atoms with van der Waals surface area (Å²) in [5.74, 6) is 1.000. The molecule has 1 amide bonds. The maximum atomic E-state index is 12.1. The predicted molar refractivity (Wildman–Crippen MR) is 93.1 cm³/mol. The van der Waals surface area contributed by atoms with Gasteiger partial charge < -0.3 is 15.0 Å². The van der Waals surface area contributed by atoms with Crippen molar-refractivity contribution in [2.75, 3.05) is 52.9 Å². The molecule has 0 unspecified atom stereocenters. The molecule has 1 aromatic carbocycles. The lowest BCUT2D eigenvalue weighted by atomic mass is 10.2. The molecule has 23 heavy (non-hydrogen) atoms. The Morgan fingerprint density at radius 2 is 2.00 bits per heavy atom. The van der Waals surface area contributed by atoms with Crippen molar-refractivity contribution in [2.45, 2.75) is 12.8 Å². The number of carbonyl (C=O) groups is 1. The SMILES string of the molecule is CNCCCC(=O)N1CCN(CCOc2ccccc2Cl)CC1. The first kappa shape index (κ1) is 18.0. The average Bonchev–Trinajstić information content (AvgIpc) is 2.57. The van der Waals surface area contributed by atoms with Crippen molar-refractivity contribution in [1.82, 2.24) is 15.1 Å². The Hall–Kier alpha value is -1.30. The van der Waals surface area contributed by atoms with Crippen LogP contribution in [0.1, 0.15) is 12.8 Å². The summed E-state index contributed by atoms with van der Waals surface area (Å²) in [5, 5.41) is 3.71. The molecule has 1 aliphatic heterocycles. The minimum Gasteiger partial charge on any atom is -0.491 e. The summed E-state index contributed by atoms with van der Waals surface area (Å²) in [5.41, 5.74) is 0. The van der Waals surface area contributed by atoms with E-state index in [0.717, 1.165) is 51.4 Å². The van der Waals surface area contributed by atoms with Gasteiger partial charge in [-0.2, -0.15) is 0 Å². The number of nitrogens with zero attached hydrogens (tertiary/aromatic N) is 2. The molecule has 1 heterocycles. The van der Waals surface area contributed by atoms with Crippen LogP contribution in [0.25, 0.3) is 0 Å². The Morgan fingerprint density at radius 1 is 1.26 bits per heavy atom. The van der Waals surface area contributed by atoms with E-state index in [4.69, 9.17) is 16.3 Å². The van der Waals surface area contributed by atoms with Crippen molar-refractivity contribution >= 4 is 17.5 Å². The highest BCUT2D eigenvalue weighted by Crippen LogP contribution is 2.22. The van der Waals surface area contributed by atoms with E-state index in [9.17, 15) is 4.79 Å². The van der Waals surface area contributed by atoms with Gasteiger partial charge in [-0.05, 0) is 32.1 Å². The molecule has 1 aromatic rings. The maximum Gasteiger partial charge on any atom is 0.222 e. The maximum absolute atomic E-state index is 12.1. The van der Waals surface area contributed by atoms with Crippen molar-refractivity contribution in [3.05, 3.63) is 29.3 Å². The van der Waals surface area contributed by atoms with E-state index >= 15 is 0 Å². The molecule has 6 heteroatoms. The molecule has 0 radical (unpaired) electrons. The van der Waals surface area contributed by atoms with Crippen molar-refractivity contribution < 1.29 is 9.53 Å². The smallest absolute Gasteiger partial charge is 0.222 e. The molecule has 0 aliphatic carbocycles. The number of hydrogen-bond acceptors (Lipinski definition) is 4. The quantitative estimate of drug-likeness (QED) is 0.734. The topological polar surface area (TPSA) is 44.8 Å². The standard InChI is InChI=1S/C17H26ClN3O2/c1-19-8-4-7-17(22)21-11-9-20(10-12-21)13-14-23-16-6-3-2-5-15(16)18/h2-3,5-6,19H,4,7-14H2,1H3. The van der Waals surface area contributed by atoms with Crippen LogP contribution in [0.2, 0.25) is 5.02 Å². The second-order valence-electron chi connectivity index (χ2n) is 5.71. The molecule has 5 nitrogen and oxygen atoms in total. The van der Waals surface area contributed by atoms with E-state index in [-0.39, 0.29) is 5.91 Å². The van der Waals surface area contributed by atoms with Gasteiger partial charge in [0.25, 0.3) is 0 Å². The fraction of sp³-hybridized carbons (Fsp3) is 0.588. The fourth-order valence-corrected chi connectivity index (χ4v) is 2.83. The monoisotopic (exact) mass is 339 g/mol. The van der Waals surface area contributed by atoms with Crippen LogP contribution in [-0.2, 0) is 4.79 Å². The lowest BCUT2D eigenvalue weighted by Crippen LogP contribution is -2.49. The lowest BCUT2D eigenvalue weighted by Gasteiger charge is -2.34. The number of carbonyl (C=O) groups excluding carboxylic acids is 1. The summed E-state index contributed by atoms with van der Waals surface area (Å²) in [4.78, 5) is 16.4. The van der Waals surface area contributed by atoms with Crippen LogP contribution >= 0.6 is 11.6 Å². The van der Waals surface area contributed by atoms with Crippen LogP contribution in [-0.4, -0.2) is 68.6 Å². The van der Waals surface area contributed by atoms with Crippen molar-refractivity contribution in [3.8, 4) is 5.75 Å². The summed E-state index contributed by atoms with van der Waals surface area (Å²) in [6.07, 6.45) is 1.54. The van der Waals surface area contributed by atoms with E-state index in [1.165, 1.54) is 0 Å².